The number of benzene rings is 2. The molecule has 9 nitrogen and oxygen atoms in total. The summed E-state index contributed by atoms with van der Waals surface area (Å²) in [4.78, 5) is 52.3. The number of halogens is 1. The summed E-state index contributed by atoms with van der Waals surface area (Å²) in [7, 11) is 0. The molecule has 2 N–H and O–H groups in total. The Morgan fingerprint density at radius 1 is 1.17 bits per heavy atom. The summed E-state index contributed by atoms with van der Waals surface area (Å²) in [6, 6.07) is 9.50. The second-order valence-electron chi connectivity index (χ2n) is 13.5. The van der Waals surface area contributed by atoms with Gasteiger partial charge < -0.3 is 14.8 Å². The predicted octanol–water partition coefficient (Wildman–Crippen LogP) is 5.11. The van der Waals surface area contributed by atoms with Crippen molar-refractivity contribution in [3.05, 3.63) is 68.7 Å². The van der Waals surface area contributed by atoms with Crippen LogP contribution in [0.5, 0.6) is 0 Å². The second-order valence-corrected chi connectivity index (χ2v) is 13.9. The Hall–Kier alpha value is -3.72. The van der Waals surface area contributed by atoms with Crippen LogP contribution in [0.1, 0.15) is 75.1 Å². The largest absolute Gasteiger partial charge is 0.343 e. The average Bonchev–Trinajstić information content (AvgIpc) is 3.46. The molecule has 2 aromatic heterocycles. The smallest absolute Gasteiger partial charge is 0.270 e. The standard InChI is InChI=1S/C32H35ClN6O3/c1-31(2,3)17-39-16-21-19(12-23(33)28-20(21)15-34-37-28)22-13-32(22,30(39)42)14-26(40)38-10-8-18(9-11-38)27-29(41)36-25-7-5-4-6-24(25)35-27/h4-7,12,15,18,22H,8-11,13-14,16-17H2,1-3H3,(H,34,37)(H,36,41)/t22?,32-/m1/s1. The van der Waals surface area contributed by atoms with Crippen molar-refractivity contribution < 1.29 is 9.59 Å². The molecule has 1 unspecified atom stereocenters. The van der Waals surface area contributed by atoms with Gasteiger partial charge in [-0.25, -0.2) is 4.98 Å². The highest BCUT2D eigenvalue weighted by Crippen LogP contribution is 2.65. The van der Waals surface area contributed by atoms with E-state index in [-0.39, 0.29) is 41.0 Å². The lowest BCUT2D eigenvalue weighted by Gasteiger charge is -2.34. The molecule has 7 rings (SSSR count). The van der Waals surface area contributed by atoms with Crippen molar-refractivity contribution in [3.8, 4) is 0 Å². The van der Waals surface area contributed by atoms with Gasteiger partial charge in [0, 0.05) is 49.8 Å². The third kappa shape index (κ3) is 4.49. The van der Waals surface area contributed by atoms with Crippen LogP contribution < -0.4 is 5.56 Å². The molecule has 2 fully saturated rings. The van der Waals surface area contributed by atoms with E-state index in [0.29, 0.717) is 56.2 Å². The summed E-state index contributed by atoms with van der Waals surface area (Å²) in [6.45, 7) is 8.53. The summed E-state index contributed by atoms with van der Waals surface area (Å²) in [5.74, 6) is -0.00751. The number of aromatic amines is 2. The number of carbonyl (C=O) groups is 2. The zero-order valence-electron chi connectivity index (χ0n) is 24.2. The fraction of sp³-hybridized carbons (Fsp3) is 0.469. The maximum absolute atomic E-state index is 14.3. The molecule has 4 heterocycles. The highest BCUT2D eigenvalue weighted by Gasteiger charge is 2.64. The first-order chi connectivity index (χ1) is 20.0. The first kappa shape index (κ1) is 27.1. The van der Waals surface area contributed by atoms with Crippen molar-refractivity contribution in [2.45, 2.75) is 64.8 Å². The molecule has 0 radical (unpaired) electrons. The number of carbonyl (C=O) groups excluding carboxylic acids is 2. The summed E-state index contributed by atoms with van der Waals surface area (Å²) in [5, 5.41) is 8.76. The number of H-pyrrole nitrogens is 2. The number of likely N-dealkylation sites (tertiary alicyclic amines) is 1. The highest BCUT2D eigenvalue weighted by molar-refractivity contribution is 6.35. The fourth-order valence-electron chi connectivity index (χ4n) is 7.24. The summed E-state index contributed by atoms with van der Waals surface area (Å²) < 4.78 is 0. The number of amides is 2. The van der Waals surface area contributed by atoms with Gasteiger partial charge in [-0.15, -0.1) is 0 Å². The molecule has 2 aromatic carbocycles. The van der Waals surface area contributed by atoms with E-state index < -0.39 is 5.41 Å². The Morgan fingerprint density at radius 3 is 2.69 bits per heavy atom. The number of piperidine rings is 1. The number of nitrogens with zero attached hydrogens (tertiary/aromatic N) is 4. The summed E-state index contributed by atoms with van der Waals surface area (Å²) >= 11 is 6.66. The summed E-state index contributed by atoms with van der Waals surface area (Å²) in [6.07, 6.45) is 3.93. The van der Waals surface area contributed by atoms with Crippen LogP contribution in [0.3, 0.4) is 0 Å². The number of rotatable bonds is 4. The minimum atomic E-state index is -0.762. The molecule has 4 aromatic rings. The lowest BCUT2D eigenvalue weighted by atomic mass is 9.90. The van der Waals surface area contributed by atoms with Crippen LogP contribution in [-0.2, 0) is 16.1 Å². The van der Waals surface area contributed by atoms with Crippen LogP contribution in [0, 0.1) is 10.8 Å². The topological polar surface area (TPSA) is 115 Å². The SMILES string of the molecule is CC(C)(C)CN1Cc2c(cc(Cl)c3[nH]ncc23)C2C[C@]2(CC(=O)N2CCC(c3nc4ccccc4[nH]c3=O)CC2)C1=O. The van der Waals surface area contributed by atoms with Gasteiger partial charge in [-0.2, -0.15) is 5.10 Å². The van der Waals surface area contributed by atoms with E-state index in [9.17, 15) is 14.4 Å². The van der Waals surface area contributed by atoms with Gasteiger partial charge in [0.1, 0.15) is 5.69 Å². The van der Waals surface area contributed by atoms with E-state index in [1.165, 1.54) is 0 Å². The molecular weight excluding hydrogens is 552 g/mol. The zero-order valence-corrected chi connectivity index (χ0v) is 24.9. The lowest BCUT2D eigenvalue weighted by molar-refractivity contribution is -0.144. The quantitative estimate of drug-likeness (QED) is 0.345. The van der Waals surface area contributed by atoms with E-state index in [1.807, 2.05) is 40.1 Å². The number of fused-ring (bicyclic) bond motifs is 6. The van der Waals surface area contributed by atoms with E-state index in [2.05, 4.69) is 40.9 Å². The van der Waals surface area contributed by atoms with Gasteiger partial charge >= 0.3 is 0 Å². The molecule has 42 heavy (non-hydrogen) atoms. The van der Waals surface area contributed by atoms with Gasteiger partial charge in [0.05, 0.1) is 33.2 Å². The van der Waals surface area contributed by atoms with Crippen molar-refractivity contribution in [2.75, 3.05) is 19.6 Å². The monoisotopic (exact) mass is 586 g/mol. The Balaban J connectivity index is 1.13. The zero-order chi connectivity index (χ0) is 29.4. The third-order valence-corrected chi connectivity index (χ3v) is 9.64. The van der Waals surface area contributed by atoms with E-state index in [4.69, 9.17) is 11.6 Å². The van der Waals surface area contributed by atoms with Gasteiger partial charge in [0.2, 0.25) is 11.8 Å². The molecule has 1 saturated carbocycles. The molecule has 0 spiro atoms. The number of hydrogen-bond acceptors (Lipinski definition) is 5. The van der Waals surface area contributed by atoms with Crippen molar-refractivity contribution in [3.63, 3.8) is 0 Å². The first-order valence-corrected chi connectivity index (χ1v) is 15.1. The van der Waals surface area contributed by atoms with Crippen LogP contribution in [-0.4, -0.2) is 61.4 Å². The van der Waals surface area contributed by atoms with Gasteiger partial charge in [-0.05, 0) is 54.0 Å². The van der Waals surface area contributed by atoms with Crippen molar-refractivity contribution in [1.82, 2.24) is 30.0 Å². The molecule has 0 bridgehead atoms. The molecule has 1 saturated heterocycles. The van der Waals surface area contributed by atoms with Crippen LogP contribution >= 0.6 is 11.6 Å². The van der Waals surface area contributed by atoms with E-state index >= 15 is 0 Å². The summed E-state index contributed by atoms with van der Waals surface area (Å²) in [5.41, 5.74) is 3.92. The Labute approximate surface area is 248 Å². The maximum Gasteiger partial charge on any atom is 0.270 e. The van der Waals surface area contributed by atoms with Crippen LogP contribution in [0.15, 0.2) is 41.3 Å². The molecule has 218 valence electrons. The van der Waals surface area contributed by atoms with Gasteiger partial charge in [-0.1, -0.05) is 44.5 Å². The third-order valence-electron chi connectivity index (χ3n) is 9.34. The fourth-order valence-corrected chi connectivity index (χ4v) is 7.50. The number of para-hydroxylation sites is 2. The van der Waals surface area contributed by atoms with Crippen molar-refractivity contribution >= 4 is 45.4 Å². The Morgan fingerprint density at radius 2 is 1.93 bits per heavy atom. The van der Waals surface area contributed by atoms with Gasteiger partial charge in [0.15, 0.2) is 0 Å². The number of hydrogen-bond donors (Lipinski definition) is 2. The van der Waals surface area contributed by atoms with Gasteiger partial charge in [0.25, 0.3) is 5.56 Å². The van der Waals surface area contributed by atoms with E-state index in [0.717, 1.165) is 33.1 Å². The number of aromatic nitrogens is 4. The van der Waals surface area contributed by atoms with Crippen LogP contribution in [0.4, 0.5) is 0 Å². The normalized spacial score (nSPS) is 22.8. The molecule has 2 aliphatic heterocycles. The van der Waals surface area contributed by atoms with E-state index in [1.54, 1.807) is 6.20 Å². The highest BCUT2D eigenvalue weighted by atomic mass is 35.5. The van der Waals surface area contributed by atoms with Gasteiger partial charge in [-0.3, -0.25) is 19.5 Å². The number of nitrogens with one attached hydrogen (secondary N) is 2. The van der Waals surface area contributed by atoms with Crippen molar-refractivity contribution in [1.29, 1.82) is 0 Å². The second kappa shape index (κ2) is 9.66. The van der Waals surface area contributed by atoms with Crippen LogP contribution in [0.2, 0.25) is 5.02 Å². The minimum Gasteiger partial charge on any atom is -0.343 e. The molecule has 2 atom stereocenters. The Bertz CT molecular complexity index is 1800. The molecule has 10 heteroatoms. The average molecular weight is 587 g/mol. The molecular formula is C32H35ClN6O3. The molecule has 1 aliphatic carbocycles. The van der Waals surface area contributed by atoms with Crippen molar-refractivity contribution in [2.24, 2.45) is 10.8 Å². The Kier molecular flexibility index (Phi) is 6.24. The predicted molar refractivity (Wildman–Crippen MR) is 161 cm³/mol. The lowest BCUT2D eigenvalue weighted by Crippen LogP contribution is -2.44. The maximum atomic E-state index is 14.3. The minimum absolute atomic E-state index is 0.000625. The molecule has 2 amide bonds. The molecule has 3 aliphatic rings. The van der Waals surface area contributed by atoms with Crippen LogP contribution in [0.25, 0.3) is 21.9 Å². The first-order valence-electron chi connectivity index (χ1n) is 14.7.